The Hall–Kier alpha value is -3.97. The Morgan fingerprint density at radius 3 is 2.32 bits per heavy atom. The van der Waals surface area contributed by atoms with Crippen molar-refractivity contribution in [2.24, 2.45) is 0 Å². The van der Waals surface area contributed by atoms with E-state index in [1.807, 2.05) is 66.7 Å². The van der Waals surface area contributed by atoms with E-state index in [2.05, 4.69) is 30.1 Å². The van der Waals surface area contributed by atoms with Crippen molar-refractivity contribution in [2.45, 2.75) is 45.4 Å². The lowest BCUT2D eigenvalue weighted by molar-refractivity contribution is 0.736. The van der Waals surface area contributed by atoms with E-state index in [1.54, 1.807) is 0 Å². The van der Waals surface area contributed by atoms with Crippen molar-refractivity contribution >= 4 is 0 Å². The van der Waals surface area contributed by atoms with Crippen LogP contribution in [-0.4, -0.2) is 9.97 Å². The van der Waals surface area contributed by atoms with Gasteiger partial charge < -0.3 is 4.98 Å². The molecule has 0 spiro atoms. The summed E-state index contributed by atoms with van der Waals surface area (Å²) < 4.78 is 0. The highest BCUT2D eigenvalue weighted by atomic mass is 16.1. The topological polar surface area (TPSA) is 69.5 Å². The van der Waals surface area contributed by atoms with E-state index >= 15 is 0 Å². The van der Waals surface area contributed by atoms with Gasteiger partial charge in [0.15, 0.2) is 0 Å². The highest BCUT2D eigenvalue weighted by Gasteiger charge is 2.14. The molecule has 170 valence electrons. The van der Waals surface area contributed by atoms with Crippen molar-refractivity contribution in [3.63, 3.8) is 0 Å². The molecule has 34 heavy (non-hydrogen) atoms. The second kappa shape index (κ2) is 11.2. The van der Waals surface area contributed by atoms with Crippen LogP contribution < -0.4 is 5.56 Å². The molecule has 0 aliphatic carbocycles. The smallest absolute Gasteiger partial charge is 0.254 e. The lowest BCUT2D eigenvalue weighted by Gasteiger charge is -2.12. The zero-order valence-electron chi connectivity index (χ0n) is 19.6. The molecule has 0 fully saturated rings. The Morgan fingerprint density at radius 1 is 0.882 bits per heavy atom. The fourth-order valence-electron chi connectivity index (χ4n) is 4.22. The van der Waals surface area contributed by atoms with Crippen molar-refractivity contribution in [1.82, 2.24) is 9.97 Å². The average molecular weight is 448 g/mol. The summed E-state index contributed by atoms with van der Waals surface area (Å²) in [5.41, 5.74) is 6.20. The van der Waals surface area contributed by atoms with Crippen molar-refractivity contribution in [3.05, 3.63) is 123 Å². The van der Waals surface area contributed by atoms with Gasteiger partial charge in [-0.1, -0.05) is 86.1 Å². The Morgan fingerprint density at radius 2 is 1.62 bits per heavy atom. The van der Waals surface area contributed by atoms with Crippen LogP contribution in [0.3, 0.4) is 0 Å². The number of nitrogens with zero attached hydrogens (tertiary/aromatic N) is 2. The van der Waals surface area contributed by atoms with Gasteiger partial charge in [0.2, 0.25) is 0 Å². The summed E-state index contributed by atoms with van der Waals surface area (Å²) in [6.07, 6.45) is 4.80. The molecule has 3 aromatic carbocycles. The molecule has 0 amide bonds. The molecule has 4 heteroatoms. The van der Waals surface area contributed by atoms with E-state index < -0.39 is 0 Å². The van der Waals surface area contributed by atoms with E-state index in [9.17, 15) is 10.1 Å². The van der Waals surface area contributed by atoms with Gasteiger partial charge in [-0.3, -0.25) is 4.79 Å². The molecule has 0 saturated carbocycles. The maximum absolute atomic E-state index is 13.1. The van der Waals surface area contributed by atoms with Crippen molar-refractivity contribution in [2.75, 3.05) is 0 Å². The van der Waals surface area contributed by atoms with Crippen LogP contribution in [0, 0.1) is 11.3 Å². The SMILES string of the molecule is CCCCc1nc(CCc2ccccc2)[nH]c(=O)c1Cc1ccc(-c2ccccc2)c(C#N)c1. The van der Waals surface area contributed by atoms with Gasteiger partial charge in [-0.05, 0) is 47.6 Å². The van der Waals surface area contributed by atoms with Crippen LogP contribution in [-0.2, 0) is 25.7 Å². The number of hydrogen-bond acceptors (Lipinski definition) is 3. The number of aromatic amines is 1. The van der Waals surface area contributed by atoms with Gasteiger partial charge in [0, 0.05) is 18.4 Å². The van der Waals surface area contributed by atoms with Gasteiger partial charge in [-0.25, -0.2) is 4.98 Å². The summed E-state index contributed by atoms with van der Waals surface area (Å²) in [5, 5.41) is 9.75. The van der Waals surface area contributed by atoms with Crippen LogP contribution in [0.1, 0.15) is 53.5 Å². The normalized spacial score (nSPS) is 10.7. The molecule has 4 rings (SSSR count). The molecule has 0 atom stereocenters. The zero-order valence-corrected chi connectivity index (χ0v) is 19.6. The van der Waals surface area contributed by atoms with Gasteiger partial charge in [0.05, 0.1) is 17.3 Å². The minimum absolute atomic E-state index is 0.0743. The Kier molecular flexibility index (Phi) is 7.67. The molecular weight excluding hydrogens is 418 g/mol. The summed E-state index contributed by atoms with van der Waals surface area (Å²) in [6, 6.07) is 28.4. The molecule has 1 N–H and O–H groups in total. The third kappa shape index (κ3) is 5.68. The number of aromatic nitrogens is 2. The summed E-state index contributed by atoms with van der Waals surface area (Å²) in [6.45, 7) is 2.14. The molecule has 0 radical (unpaired) electrons. The van der Waals surface area contributed by atoms with E-state index in [0.29, 0.717) is 24.0 Å². The predicted octanol–water partition coefficient (Wildman–Crippen LogP) is 6.03. The molecule has 4 nitrogen and oxygen atoms in total. The highest BCUT2D eigenvalue weighted by Crippen LogP contribution is 2.25. The van der Waals surface area contributed by atoms with E-state index in [0.717, 1.165) is 53.9 Å². The van der Waals surface area contributed by atoms with Crippen LogP contribution in [0.5, 0.6) is 0 Å². The second-order valence-corrected chi connectivity index (χ2v) is 8.56. The van der Waals surface area contributed by atoms with Crippen LogP contribution in [0.15, 0.2) is 83.7 Å². The maximum atomic E-state index is 13.1. The Balaban J connectivity index is 1.61. The lowest BCUT2D eigenvalue weighted by Crippen LogP contribution is -2.21. The summed E-state index contributed by atoms with van der Waals surface area (Å²) in [7, 11) is 0. The third-order valence-corrected chi connectivity index (χ3v) is 6.08. The number of nitrogens with one attached hydrogen (secondary N) is 1. The van der Waals surface area contributed by atoms with E-state index in [-0.39, 0.29) is 5.56 Å². The molecule has 0 aliphatic rings. The minimum atomic E-state index is -0.0743. The van der Waals surface area contributed by atoms with E-state index in [4.69, 9.17) is 4.98 Å². The maximum Gasteiger partial charge on any atom is 0.254 e. The fraction of sp³-hybridized carbons (Fsp3) is 0.233. The molecule has 1 heterocycles. The molecule has 0 bridgehead atoms. The number of aryl methyl sites for hydroxylation is 3. The van der Waals surface area contributed by atoms with Crippen LogP contribution in [0.2, 0.25) is 0 Å². The molecule has 0 unspecified atom stereocenters. The first-order valence-corrected chi connectivity index (χ1v) is 11.9. The standard InChI is InChI=1S/C30H29N3O/c1-2-3-14-28-27(30(34)33-29(32-28)18-16-22-10-6-4-7-11-22)20-23-15-17-26(25(19-23)21-31)24-12-8-5-9-13-24/h4-13,15,17,19H,2-3,14,16,18,20H2,1H3,(H,32,33,34). The Bertz CT molecular complexity index is 1340. The molecular formula is C30H29N3O. The van der Waals surface area contributed by atoms with E-state index in [1.165, 1.54) is 5.56 Å². The number of hydrogen-bond donors (Lipinski definition) is 1. The van der Waals surface area contributed by atoms with Crippen molar-refractivity contribution in [3.8, 4) is 17.2 Å². The number of nitriles is 1. The zero-order chi connectivity index (χ0) is 23.8. The van der Waals surface area contributed by atoms with Gasteiger partial charge in [-0.2, -0.15) is 5.26 Å². The Labute approximate surface area is 201 Å². The number of unbranched alkanes of at least 4 members (excludes halogenated alkanes) is 1. The predicted molar refractivity (Wildman–Crippen MR) is 137 cm³/mol. The average Bonchev–Trinajstić information content (AvgIpc) is 2.89. The van der Waals surface area contributed by atoms with Gasteiger partial charge >= 0.3 is 0 Å². The molecule has 0 aliphatic heterocycles. The van der Waals surface area contributed by atoms with Gasteiger partial charge in [0.25, 0.3) is 5.56 Å². The number of rotatable bonds is 9. The van der Waals surface area contributed by atoms with Crippen LogP contribution in [0.25, 0.3) is 11.1 Å². The largest absolute Gasteiger partial charge is 0.310 e. The summed E-state index contributed by atoms with van der Waals surface area (Å²) in [5.74, 6) is 0.737. The van der Waals surface area contributed by atoms with Crippen LogP contribution in [0.4, 0.5) is 0 Å². The van der Waals surface area contributed by atoms with Crippen molar-refractivity contribution < 1.29 is 0 Å². The minimum Gasteiger partial charge on any atom is -0.310 e. The highest BCUT2D eigenvalue weighted by molar-refractivity contribution is 5.71. The quantitative estimate of drug-likeness (QED) is 0.341. The van der Waals surface area contributed by atoms with Gasteiger partial charge in [0.1, 0.15) is 5.82 Å². The first kappa shape index (κ1) is 23.2. The molecule has 4 aromatic rings. The first-order chi connectivity index (χ1) is 16.7. The number of benzene rings is 3. The second-order valence-electron chi connectivity index (χ2n) is 8.56. The van der Waals surface area contributed by atoms with Crippen LogP contribution >= 0.6 is 0 Å². The number of H-pyrrole nitrogens is 1. The molecule has 1 aromatic heterocycles. The lowest BCUT2D eigenvalue weighted by atomic mass is 9.95. The summed E-state index contributed by atoms with van der Waals surface area (Å²) >= 11 is 0. The first-order valence-electron chi connectivity index (χ1n) is 11.9. The van der Waals surface area contributed by atoms with Gasteiger partial charge in [-0.15, -0.1) is 0 Å². The third-order valence-electron chi connectivity index (χ3n) is 6.08. The molecule has 0 saturated heterocycles. The monoisotopic (exact) mass is 447 g/mol. The fourth-order valence-corrected chi connectivity index (χ4v) is 4.22. The van der Waals surface area contributed by atoms with Crippen molar-refractivity contribution in [1.29, 1.82) is 5.26 Å². The summed E-state index contributed by atoms with van der Waals surface area (Å²) in [4.78, 5) is 21.0.